The highest BCUT2D eigenvalue weighted by molar-refractivity contribution is 7.99. The molecule has 7 nitrogen and oxygen atoms in total. The Morgan fingerprint density at radius 3 is 2.44 bits per heavy atom. The number of hydrogen-bond acceptors (Lipinski definition) is 6. The molecule has 0 spiro atoms. The fourth-order valence-corrected chi connectivity index (χ4v) is 3.93. The molecule has 0 unspecified atom stereocenters. The van der Waals surface area contributed by atoms with Crippen LogP contribution in [0.1, 0.15) is 23.8 Å². The van der Waals surface area contributed by atoms with Gasteiger partial charge in [0.15, 0.2) is 11.0 Å². The summed E-state index contributed by atoms with van der Waals surface area (Å²) in [6.45, 7) is 5.97. The van der Waals surface area contributed by atoms with Crippen LogP contribution in [0, 0.1) is 13.8 Å². The lowest BCUT2D eigenvalue weighted by atomic mass is 10.1. The summed E-state index contributed by atoms with van der Waals surface area (Å²) in [5.74, 6) is 1.37. The van der Waals surface area contributed by atoms with Crippen molar-refractivity contribution in [2.45, 2.75) is 25.9 Å². The summed E-state index contributed by atoms with van der Waals surface area (Å²) in [5, 5.41) is 13.5. The predicted octanol–water partition coefficient (Wildman–Crippen LogP) is 5.44. The zero-order valence-corrected chi connectivity index (χ0v) is 20.0. The van der Waals surface area contributed by atoms with E-state index in [0.717, 1.165) is 34.0 Å². The highest BCUT2D eigenvalue weighted by Crippen LogP contribution is 2.28. The molecule has 2 aromatic carbocycles. The van der Waals surface area contributed by atoms with E-state index in [4.69, 9.17) is 4.42 Å². The van der Waals surface area contributed by atoms with E-state index in [0.29, 0.717) is 5.16 Å². The number of amides is 1. The van der Waals surface area contributed by atoms with Crippen LogP contribution in [0.3, 0.4) is 0 Å². The van der Waals surface area contributed by atoms with Crippen molar-refractivity contribution in [1.29, 1.82) is 0 Å². The molecule has 1 amide bonds. The van der Waals surface area contributed by atoms with Crippen LogP contribution >= 0.6 is 11.8 Å². The zero-order valence-electron chi connectivity index (χ0n) is 19.2. The van der Waals surface area contributed by atoms with Gasteiger partial charge >= 0.3 is 0 Å². The molecule has 0 saturated heterocycles. The van der Waals surface area contributed by atoms with Crippen LogP contribution in [0.2, 0.25) is 0 Å². The Balaban J connectivity index is 1.48. The summed E-state index contributed by atoms with van der Waals surface area (Å²) < 4.78 is 7.24. The highest BCUT2D eigenvalue weighted by Gasteiger charge is 2.17. The Morgan fingerprint density at radius 2 is 1.76 bits per heavy atom. The van der Waals surface area contributed by atoms with Gasteiger partial charge in [-0.05, 0) is 56.7 Å². The zero-order chi connectivity index (χ0) is 23.9. The number of rotatable bonds is 8. The lowest BCUT2D eigenvalue weighted by molar-refractivity contribution is -0.118. The number of nitrogens with zero attached hydrogens (tertiary/aromatic N) is 4. The second kappa shape index (κ2) is 10.8. The molecule has 1 N–H and O–H groups in total. The summed E-state index contributed by atoms with van der Waals surface area (Å²) in [6, 6.07) is 19.9. The Bertz CT molecular complexity index is 1300. The number of carbonyl (C=O) groups excluding carboxylic acids is 1. The number of carbonyl (C=O) groups is 1. The molecule has 0 aliphatic rings. The van der Waals surface area contributed by atoms with Crippen molar-refractivity contribution in [3.8, 4) is 17.1 Å². The Morgan fingerprint density at radius 1 is 1.06 bits per heavy atom. The number of allylic oxidation sites excluding steroid dienone is 1. The van der Waals surface area contributed by atoms with Gasteiger partial charge in [-0.1, -0.05) is 59.3 Å². The lowest BCUT2D eigenvalue weighted by Crippen LogP contribution is -2.20. The van der Waals surface area contributed by atoms with Crippen molar-refractivity contribution in [2.75, 3.05) is 5.75 Å². The molecule has 0 bridgehead atoms. The smallest absolute Gasteiger partial charge is 0.250 e. The van der Waals surface area contributed by atoms with Crippen LogP contribution in [0.4, 0.5) is 0 Å². The molecular formula is C26H25N5O2S. The molecule has 4 rings (SSSR count). The maximum Gasteiger partial charge on any atom is 0.250 e. The summed E-state index contributed by atoms with van der Waals surface area (Å²) in [6.07, 6.45) is 5.02. The molecule has 0 atom stereocenters. The summed E-state index contributed by atoms with van der Waals surface area (Å²) in [4.78, 5) is 12.4. The van der Waals surface area contributed by atoms with Crippen molar-refractivity contribution in [3.63, 3.8) is 0 Å². The molecule has 0 fully saturated rings. The molecular weight excluding hydrogens is 446 g/mol. The third-order valence-electron chi connectivity index (χ3n) is 4.94. The minimum absolute atomic E-state index is 0.149. The normalized spacial score (nSPS) is 11.8. The minimum Gasteiger partial charge on any atom is -0.465 e. The molecule has 2 aromatic heterocycles. The molecule has 0 radical (unpaired) electrons. The van der Waals surface area contributed by atoms with Gasteiger partial charge in [0.2, 0.25) is 0 Å². The SMILES string of the molecule is CC(/C=N\NC(=O)CSc1nnc(-c2ccc(C)cc2)n1-c1ccc(C)cc1)=C\c1ccco1. The van der Waals surface area contributed by atoms with Crippen LogP contribution in [-0.2, 0) is 4.79 Å². The Labute approximate surface area is 202 Å². The molecule has 2 heterocycles. The standard InChI is InChI=1S/C26H25N5O2S/c1-18-6-10-21(11-7-18)25-29-30-26(31(25)22-12-8-19(2)9-13-22)34-17-24(32)28-27-16-20(3)15-23-5-4-14-33-23/h4-16H,17H2,1-3H3,(H,28,32)/b20-15+,27-16-. The van der Waals surface area contributed by atoms with E-state index in [9.17, 15) is 4.79 Å². The highest BCUT2D eigenvalue weighted by atomic mass is 32.2. The van der Waals surface area contributed by atoms with E-state index < -0.39 is 0 Å². The molecule has 8 heteroatoms. The first kappa shape index (κ1) is 23.3. The summed E-state index contributed by atoms with van der Waals surface area (Å²) >= 11 is 1.31. The fourth-order valence-electron chi connectivity index (χ4n) is 3.18. The second-order valence-electron chi connectivity index (χ2n) is 7.83. The Kier molecular flexibility index (Phi) is 7.39. The van der Waals surface area contributed by atoms with Crippen molar-refractivity contribution in [2.24, 2.45) is 5.10 Å². The van der Waals surface area contributed by atoms with E-state index in [1.807, 2.05) is 92.1 Å². The van der Waals surface area contributed by atoms with Crippen molar-refractivity contribution in [3.05, 3.63) is 89.4 Å². The number of furan rings is 1. The first-order valence-corrected chi connectivity index (χ1v) is 11.7. The largest absolute Gasteiger partial charge is 0.465 e. The van der Waals surface area contributed by atoms with Gasteiger partial charge in [0.25, 0.3) is 5.91 Å². The predicted molar refractivity (Wildman–Crippen MR) is 136 cm³/mol. The van der Waals surface area contributed by atoms with E-state index >= 15 is 0 Å². The fraction of sp³-hybridized carbons (Fsp3) is 0.154. The average Bonchev–Trinajstić information content (AvgIpc) is 3.49. The van der Waals surface area contributed by atoms with Gasteiger partial charge in [0.1, 0.15) is 5.76 Å². The first-order valence-electron chi connectivity index (χ1n) is 10.8. The van der Waals surface area contributed by atoms with Crippen LogP contribution in [0.5, 0.6) is 0 Å². The van der Waals surface area contributed by atoms with Gasteiger partial charge in [0.05, 0.1) is 18.2 Å². The van der Waals surface area contributed by atoms with E-state index in [2.05, 4.69) is 20.7 Å². The number of aryl methyl sites for hydroxylation is 2. The van der Waals surface area contributed by atoms with Crippen molar-refractivity contribution < 1.29 is 9.21 Å². The van der Waals surface area contributed by atoms with E-state index in [1.54, 1.807) is 12.5 Å². The second-order valence-corrected chi connectivity index (χ2v) is 8.77. The molecule has 172 valence electrons. The van der Waals surface area contributed by atoms with Gasteiger partial charge in [-0.2, -0.15) is 5.10 Å². The number of aromatic nitrogens is 3. The van der Waals surface area contributed by atoms with E-state index in [1.165, 1.54) is 17.3 Å². The number of nitrogens with one attached hydrogen (secondary N) is 1. The van der Waals surface area contributed by atoms with Gasteiger partial charge < -0.3 is 4.42 Å². The maximum atomic E-state index is 12.4. The third kappa shape index (κ3) is 5.90. The molecule has 34 heavy (non-hydrogen) atoms. The topological polar surface area (TPSA) is 85.3 Å². The van der Waals surface area contributed by atoms with E-state index in [-0.39, 0.29) is 11.7 Å². The minimum atomic E-state index is -0.234. The number of hydrazone groups is 1. The van der Waals surface area contributed by atoms with Gasteiger partial charge in [-0.25, -0.2) is 5.43 Å². The molecule has 0 aliphatic heterocycles. The van der Waals surface area contributed by atoms with Crippen LogP contribution in [0.15, 0.2) is 87.2 Å². The van der Waals surface area contributed by atoms with Crippen LogP contribution in [0.25, 0.3) is 23.2 Å². The van der Waals surface area contributed by atoms with Crippen LogP contribution in [-0.4, -0.2) is 32.6 Å². The molecule has 4 aromatic rings. The van der Waals surface area contributed by atoms with Gasteiger partial charge in [-0.3, -0.25) is 9.36 Å². The molecule has 0 aliphatic carbocycles. The quantitative estimate of drug-likeness (QED) is 0.210. The van der Waals surface area contributed by atoms with Gasteiger partial charge in [-0.15, -0.1) is 10.2 Å². The monoisotopic (exact) mass is 471 g/mol. The number of benzene rings is 2. The van der Waals surface area contributed by atoms with Gasteiger partial charge in [0, 0.05) is 11.3 Å². The molecule has 0 saturated carbocycles. The first-order chi connectivity index (χ1) is 16.5. The number of hydrogen-bond donors (Lipinski definition) is 1. The van der Waals surface area contributed by atoms with Crippen molar-refractivity contribution >= 4 is 30.0 Å². The summed E-state index contributed by atoms with van der Waals surface area (Å²) in [7, 11) is 0. The number of thioether (sulfide) groups is 1. The third-order valence-corrected chi connectivity index (χ3v) is 5.87. The van der Waals surface area contributed by atoms with Crippen LogP contribution < -0.4 is 5.43 Å². The Hall–Kier alpha value is -3.91. The van der Waals surface area contributed by atoms with Crippen molar-refractivity contribution in [1.82, 2.24) is 20.2 Å². The maximum absolute atomic E-state index is 12.4. The lowest BCUT2D eigenvalue weighted by Gasteiger charge is -2.11. The average molecular weight is 472 g/mol. The summed E-state index contributed by atoms with van der Waals surface area (Å²) in [5.41, 5.74) is 7.64.